The van der Waals surface area contributed by atoms with E-state index < -0.39 is 0 Å². The molecule has 3 aliphatic rings. The second-order valence-electron chi connectivity index (χ2n) is 8.76. The molecule has 1 saturated carbocycles. The van der Waals surface area contributed by atoms with Crippen molar-refractivity contribution in [3.63, 3.8) is 0 Å². The summed E-state index contributed by atoms with van der Waals surface area (Å²) in [4.78, 5) is 7.21. The lowest BCUT2D eigenvalue weighted by molar-refractivity contribution is -0.0120. The zero-order chi connectivity index (χ0) is 20.0. The molecule has 2 heterocycles. The molecule has 1 aromatic carbocycles. The van der Waals surface area contributed by atoms with Gasteiger partial charge in [0.05, 0.1) is 13.2 Å². The van der Waals surface area contributed by atoms with Crippen LogP contribution >= 0.6 is 35.7 Å². The topological polar surface area (TPSA) is 48.9 Å². The first-order valence-electron chi connectivity index (χ1n) is 11.2. The summed E-state index contributed by atoms with van der Waals surface area (Å²) in [5.74, 6) is 3.39. The average Bonchev–Trinajstić information content (AvgIpc) is 3.46. The zero-order valence-corrected chi connectivity index (χ0v) is 21.3. The Morgan fingerprint density at radius 3 is 2.40 bits per heavy atom. The second kappa shape index (κ2) is 11.4. The van der Waals surface area contributed by atoms with E-state index in [-0.39, 0.29) is 34.9 Å². The molecule has 0 radical (unpaired) electrons. The molecule has 3 fully saturated rings. The molecular weight excluding hydrogens is 507 g/mol. The third-order valence-corrected chi connectivity index (χ3v) is 8.35. The van der Waals surface area contributed by atoms with E-state index in [1.807, 2.05) is 7.05 Å². The van der Waals surface area contributed by atoms with Crippen LogP contribution in [0.4, 0.5) is 0 Å². The highest BCUT2D eigenvalue weighted by Gasteiger charge is 2.41. The number of hydrogen-bond donors (Lipinski definition) is 2. The van der Waals surface area contributed by atoms with Gasteiger partial charge in [-0.25, -0.2) is 0 Å². The summed E-state index contributed by atoms with van der Waals surface area (Å²) in [6, 6.07) is 11.1. The Balaban J connectivity index is 0.00000256. The van der Waals surface area contributed by atoms with Gasteiger partial charge >= 0.3 is 0 Å². The van der Waals surface area contributed by atoms with Gasteiger partial charge in [-0.1, -0.05) is 43.2 Å². The minimum absolute atomic E-state index is 0. The summed E-state index contributed by atoms with van der Waals surface area (Å²) in [6.45, 7) is 5.72. The van der Waals surface area contributed by atoms with Gasteiger partial charge in [0, 0.05) is 49.9 Å². The molecule has 0 bridgehead atoms. The molecule has 2 saturated heterocycles. The number of nitrogens with zero attached hydrogens (tertiary/aromatic N) is 2. The van der Waals surface area contributed by atoms with Crippen molar-refractivity contribution in [2.24, 2.45) is 4.99 Å². The number of ether oxygens (including phenoxy) is 1. The van der Waals surface area contributed by atoms with E-state index in [4.69, 9.17) is 4.74 Å². The van der Waals surface area contributed by atoms with Crippen LogP contribution in [0.5, 0.6) is 0 Å². The van der Waals surface area contributed by atoms with Gasteiger partial charge in [-0.3, -0.25) is 9.89 Å². The zero-order valence-electron chi connectivity index (χ0n) is 18.2. The monoisotopic (exact) mass is 544 g/mol. The fraction of sp³-hybridized carbons (Fsp3) is 0.696. The van der Waals surface area contributed by atoms with Crippen LogP contribution in [0.1, 0.15) is 37.7 Å². The van der Waals surface area contributed by atoms with Gasteiger partial charge in [0.15, 0.2) is 5.96 Å². The third kappa shape index (κ3) is 5.45. The number of aliphatic imine (C=N–C) groups is 1. The quantitative estimate of drug-likeness (QED) is 0.326. The molecule has 5 nitrogen and oxygen atoms in total. The molecule has 0 spiro atoms. The van der Waals surface area contributed by atoms with Crippen LogP contribution in [0.2, 0.25) is 0 Å². The second-order valence-corrected chi connectivity index (χ2v) is 9.86. The maximum Gasteiger partial charge on any atom is 0.191 e. The number of thioether (sulfide) groups is 1. The van der Waals surface area contributed by atoms with Gasteiger partial charge in [-0.05, 0) is 30.6 Å². The maximum atomic E-state index is 5.59. The summed E-state index contributed by atoms with van der Waals surface area (Å²) >= 11 is 2.08. The first-order chi connectivity index (χ1) is 14.3. The molecule has 30 heavy (non-hydrogen) atoms. The van der Waals surface area contributed by atoms with Crippen molar-refractivity contribution < 1.29 is 4.74 Å². The van der Waals surface area contributed by atoms with E-state index in [0.717, 1.165) is 45.4 Å². The van der Waals surface area contributed by atoms with E-state index in [1.165, 1.54) is 49.2 Å². The standard InChI is InChI=1S/C23H36N4OS.HI/c1-24-21(25-17-22(9-5-6-10-22)20-7-3-2-4-8-20)26-18-23(11-16-29-19-23)27-12-14-28-15-13-27;/h2-4,7-8H,5-6,9-19H2,1H3,(H2,24,25,26);1H. The Labute approximate surface area is 203 Å². The van der Waals surface area contributed by atoms with E-state index in [1.54, 1.807) is 0 Å². The van der Waals surface area contributed by atoms with Gasteiger partial charge < -0.3 is 15.4 Å². The van der Waals surface area contributed by atoms with Crippen LogP contribution in [0.15, 0.2) is 35.3 Å². The first kappa shape index (κ1) is 24.1. The van der Waals surface area contributed by atoms with Crippen molar-refractivity contribution in [3.05, 3.63) is 35.9 Å². The lowest BCUT2D eigenvalue weighted by Crippen LogP contribution is -2.60. The summed E-state index contributed by atoms with van der Waals surface area (Å²) in [7, 11) is 1.89. The fourth-order valence-corrected chi connectivity index (χ4v) is 6.75. The number of benzene rings is 1. The summed E-state index contributed by atoms with van der Waals surface area (Å²) in [5.41, 5.74) is 1.94. The molecule has 1 atom stereocenters. The maximum absolute atomic E-state index is 5.59. The molecular formula is C23H37IN4OS. The Hall–Kier alpha value is -0.510. The van der Waals surface area contributed by atoms with E-state index in [2.05, 4.69) is 62.6 Å². The van der Waals surface area contributed by atoms with E-state index >= 15 is 0 Å². The molecule has 4 rings (SSSR count). The summed E-state index contributed by atoms with van der Waals surface area (Å²) in [6.07, 6.45) is 6.40. The van der Waals surface area contributed by atoms with Crippen molar-refractivity contribution >= 4 is 41.7 Å². The largest absolute Gasteiger partial charge is 0.379 e. The summed E-state index contributed by atoms with van der Waals surface area (Å²) in [5, 5.41) is 7.37. The van der Waals surface area contributed by atoms with Crippen LogP contribution in [0.25, 0.3) is 0 Å². The normalized spacial score (nSPS) is 26.9. The molecule has 2 N–H and O–H groups in total. The Morgan fingerprint density at radius 2 is 1.77 bits per heavy atom. The highest BCUT2D eigenvalue weighted by molar-refractivity contribution is 14.0. The number of guanidine groups is 1. The smallest absolute Gasteiger partial charge is 0.191 e. The molecule has 0 aromatic heterocycles. The van der Waals surface area contributed by atoms with Crippen LogP contribution < -0.4 is 10.6 Å². The van der Waals surface area contributed by atoms with E-state index in [0.29, 0.717) is 0 Å². The lowest BCUT2D eigenvalue weighted by Gasteiger charge is -2.43. The predicted molar refractivity (Wildman–Crippen MR) is 138 cm³/mol. The van der Waals surface area contributed by atoms with Gasteiger partial charge in [-0.15, -0.1) is 24.0 Å². The first-order valence-corrected chi connectivity index (χ1v) is 12.3. The average molecular weight is 545 g/mol. The summed E-state index contributed by atoms with van der Waals surface area (Å²) < 4.78 is 5.59. The van der Waals surface area contributed by atoms with Gasteiger partial charge in [0.1, 0.15) is 0 Å². The third-order valence-electron chi connectivity index (χ3n) is 7.11. The Kier molecular flexibility index (Phi) is 9.16. The molecule has 1 unspecified atom stereocenters. The lowest BCUT2D eigenvalue weighted by atomic mass is 9.79. The number of nitrogens with one attached hydrogen (secondary N) is 2. The van der Waals surface area contributed by atoms with Crippen molar-refractivity contribution in [2.75, 3.05) is 57.9 Å². The number of halogens is 1. The highest BCUT2D eigenvalue weighted by Crippen LogP contribution is 2.40. The highest BCUT2D eigenvalue weighted by atomic mass is 127. The van der Waals surface area contributed by atoms with E-state index in [9.17, 15) is 0 Å². The van der Waals surface area contributed by atoms with Crippen molar-refractivity contribution in [1.29, 1.82) is 0 Å². The van der Waals surface area contributed by atoms with Crippen molar-refractivity contribution in [3.8, 4) is 0 Å². The molecule has 0 amide bonds. The molecule has 7 heteroatoms. The van der Waals surface area contributed by atoms with Crippen LogP contribution in [0, 0.1) is 0 Å². The molecule has 168 valence electrons. The fourth-order valence-electron chi connectivity index (χ4n) is 5.27. The number of hydrogen-bond acceptors (Lipinski definition) is 4. The minimum atomic E-state index is 0. The van der Waals surface area contributed by atoms with Crippen LogP contribution in [-0.2, 0) is 10.2 Å². The van der Waals surface area contributed by atoms with Crippen LogP contribution in [0.3, 0.4) is 0 Å². The predicted octanol–water partition coefficient (Wildman–Crippen LogP) is 3.49. The van der Waals surface area contributed by atoms with Gasteiger partial charge in [0.25, 0.3) is 0 Å². The Morgan fingerprint density at radius 1 is 1.07 bits per heavy atom. The van der Waals surface area contributed by atoms with Crippen LogP contribution in [-0.4, -0.2) is 74.3 Å². The van der Waals surface area contributed by atoms with Crippen molar-refractivity contribution in [2.45, 2.75) is 43.1 Å². The number of rotatable bonds is 6. The minimum Gasteiger partial charge on any atom is -0.379 e. The molecule has 2 aliphatic heterocycles. The van der Waals surface area contributed by atoms with Gasteiger partial charge in [0.2, 0.25) is 0 Å². The van der Waals surface area contributed by atoms with Gasteiger partial charge in [-0.2, -0.15) is 11.8 Å². The molecule has 1 aliphatic carbocycles. The SMILES string of the molecule is CN=C(NCC1(c2ccccc2)CCCC1)NCC1(N2CCOCC2)CCSC1.I. The number of morpholine rings is 1. The van der Waals surface area contributed by atoms with Crippen molar-refractivity contribution in [1.82, 2.24) is 15.5 Å². The molecule has 1 aromatic rings. The Bertz CT molecular complexity index is 669.